The van der Waals surface area contributed by atoms with Gasteiger partial charge in [-0.2, -0.15) is 0 Å². The number of aryl methyl sites for hydroxylation is 2. The van der Waals surface area contributed by atoms with Gasteiger partial charge >= 0.3 is 0 Å². The molecule has 0 radical (unpaired) electrons. The van der Waals surface area contributed by atoms with E-state index in [4.69, 9.17) is 4.74 Å². The largest absolute Gasteiger partial charge is 0.493 e. The van der Waals surface area contributed by atoms with Crippen molar-refractivity contribution in [3.8, 4) is 5.75 Å². The van der Waals surface area contributed by atoms with Crippen molar-refractivity contribution >= 4 is 5.95 Å². The van der Waals surface area contributed by atoms with Gasteiger partial charge in [0.25, 0.3) is 0 Å². The fourth-order valence-electron chi connectivity index (χ4n) is 1.11. The van der Waals surface area contributed by atoms with Crippen LogP contribution >= 0.6 is 0 Å². The molecule has 0 bridgehead atoms. The summed E-state index contributed by atoms with van der Waals surface area (Å²) in [7, 11) is 3.42. The molecule has 1 N–H and O–H groups in total. The van der Waals surface area contributed by atoms with Gasteiger partial charge in [0.2, 0.25) is 5.95 Å². The molecule has 0 aliphatic heterocycles. The standard InChI is InChI=1S/C8H13N3O/c1-5-7(12-4)6(2)11-8(9-3)10-5/h1-4H3,(H,9,10,11). The van der Waals surface area contributed by atoms with Crippen LogP contribution in [0.4, 0.5) is 5.95 Å². The Morgan fingerprint density at radius 3 is 2.00 bits per heavy atom. The first-order valence-corrected chi connectivity index (χ1v) is 3.76. The highest BCUT2D eigenvalue weighted by molar-refractivity contribution is 5.37. The summed E-state index contributed by atoms with van der Waals surface area (Å²) in [5.74, 6) is 1.39. The van der Waals surface area contributed by atoms with Crippen molar-refractivity contribution in [3.05, 3.63) is 11.4 Å². The average Bonchev–Trinajstić information content (AvgIpc) is 2.03. The maximum absolute atomic E-state index is 5.12. The van der Waals surface area contributed by atoms with Crippen molar-refractivity contribution in [1.29, 1.82) is 0 Å². The van der Waals surface area contributed by atoms with Gasteiger partial charge in [-0.1, -0.05) is 0 Å². The second kappa shape index (κ2) is 3.38. The molecule has 0 saturated heterocycles. The monoisotopic (exact) mass is 167 g/mol. The molecule has 1 heterocycles. The molecule has 1 aromatic rings. The van der Waals surface area contributed by atoms with Crippen LogP contribution < -0.4 is 10.1 Å². The van der Waals surface area contributed by atoms with Crippen LogP contribution in [0, 0.1) is 13.8 Å². The van der Waals surface area contributed by atoms with Crippen LogP contribution in [0.5, 0.6) is 5.75 Å². The molecule has 0 aliphatic rings. The molecule has 0 fully saturated rings. The average molecular weight is 167 g/mol. The van der Waals surface area contributed by atoms with E-state index in [0.717, 1.165) is 17.1 Å². The zero-order valence-corrected chi connectivity index (χ0v) is 7.80. The molecule has 0 aromatic carbocycles. The molecule has 66 valence electrons. The third kappa shape index (κ3) is 1.47. The van der Waals surface area contributed by atoms with Crippen LogP contribution in [0.2, 0.25) is 0 Å². The summed E-state index contributed by atoms with van der Waals surface area (Å²) in [6, 6.07) is 0. The summed E-state index contributed by atoms with van der Waals surface area (Å²) in [6.45, 7) is 3.79. The third-order valence-electron chi connectivity index (χ3n) is 1.63. The Hall–Kier alpha value is -1.32. The van der Waals surface area contributed by atoms with Gasteiger partial charge < -0.3 is 10.1 Å². The van der Waals surface area contributed by atoms with Crippen molar-refractivity contribution in [2.45, 2.75) is 13.8 Å². The number of rotatable bonds is 2. The van der Waals surface area contributed by atoms with Crippen LogP contribution in [-0.4, -0.2) is 24.1 Å². The first-order valence-electron chi connectivity index (χ1n) is 3.76. The Bertz CT molecular complexity index is 263. The quantitative estimate of drug-likeness (QED) is 0.717. The first-order chi connectivity index (χ1) is 5.69. The maximum atomic E-state index is 5.12. The molecule has 12 heavy (non-hydrogen) atoms. The summed E-state index contributed by atoms with van der Waals surface area (Å²) in [4.78, 5) is 8.35. The molecule has 4 nitrogen and oxygen atoms in total. The normalized spacial score (nSPS) is 9.67. The minimum Gasteiger partial charge on any atom is -0.493 e. The lowest BCUT2D eigenvalue weighted by molar-refractivity contribution is 0.403. The molecule has 0 saturated carbocycles. The molecule has 0 unspecified atom stereocenters. The summed E-state index contributed by atoms with van der Waals surface area (Å²) in [6.07, 6.45) is 0. The van der Waals surface area contributed by atoms with Crippen LogP contribution in [0.15, 0.2) is 0 Å². The molecule has 1 rings (SSSR count). The predicted molar refractivity (Wildman–Crippen MR) is 47.6 cm³/mol. The Kier molecular flexibility index (Phi) is 2.47. The van der Waals surface area contributed by atoms with E-state index >= 15 is 0 Å². The van der Waals surface area contributed by atoms with Crippen molar-refractivity contribution in [1.82, 2.24) is 9.97 Å². The zero-order chi connectivity index (χ0) is 9.14. The predicted octanol–water partition coefficient (Wildman–Crippen LogP) is 1.14. The van der Waals surface area contributed by atoms with Crippen LogP contribution in [0.3, 0.4) is 0 Å². The van der Waals surface area contributed by atoms with Crippen molar-refractivity contribution < 1.29 is 4.74 Å². The summed E-state index contributed by atoms with van der Waals surface area (Å²) in [5.41, 5.74) is 1.71. The highest BCUT2D eigenvalue weighted by Crippen LogP contribution is 2.19. The molecule has 1 aromatic heterocycles. The van der Waals surface area contributed by atoms with Gasteiger partial charge in [0.15, 0.2) is 5.75 Å². The van der Waals surface area contributed by atoms with E-state index < -0.39 is 0 Å². The van der Waals surface area contributed by atoms with E-state index in [9.17, 15) is 0 Å². The maximum Gasteiger partial charge on any atom is 0.223 e. The zero-order valence-electron chi connectivity index (χ0n) is 7.80. The van der Waals surface area contributed by atoms with Crippen molar-refractivity contribution in [3.63, 3.8) is 0 Å². The molecular weight excluding hydrogens is 154 g/mol. The smallest absolute Gasteiger partial charge is 0.223 e. The van der Waals surface area contributed by atoms with Gasteiger partial charge in [-0.15, -0.1) is 0 Å². The summed E-state index contributed by atoms with van der Waals surface area (Å²) in [5, 5.41) is 2.88. The van der Waals surface area contributed by atoms with Gasteiger partial charge in [-0.3, -0.25) is 0 Å². The fourth-order valence-corrected chi connectivity index (χ4v) is 1.11. The van der Waals surface area contributed by atoms with Crippen LogP contribution in [0.25, 0.3) is 0 Å². The Labute approximate surface area is 72.0 Å². The summed E-state index contributed by atoms with van der Waals surface area (Å²) >= 11 is 0. The number of hydrogen-bond donors (Lipinski definition) is 1. The molecule has 0 amide bonds. The molecule has 4 heteroatoms. The lowest BCUT2D eigenvalue weighted by Gasteiger charge is -2.08. The Morgan fingerprint density at radius 1 is 1.17 bits per heavy atom. The van der Waals surface area contributed by atoms with Gasteiger partial charge in [0.05, 0.1) is 18.5 Å². The minimum absolute atomic E-state index is 0.630. The third-order valence-corrected chi connectivity index (χ3v) is 1.63. The Balaban J connectivity index is 3.18. The number of methoxy groups -OCH3 is 1. The Morgan fingerprint density at radius 2 is 1.67 bits per heavy atom. The van der Waals surface area contributed by atoms with Gasteiger partial charge in [-0.05, 0) is 13.8 Å². The first kappa shape index (κ1) is 8.77. The van der Waals surface area contributed by atoms with E-state index in [-0.39, 0.29) is 0 Å². The van der Waals surface area contributed by atoms with Gasteiger partial charge in [0.1, 0.15) is 0 Å². The lowest BCUT2D eigenvalue weighted by atomic mass is 10.3. The molecule has 0 atom stereocenters. The second-order valence-corrected chi connectivity index (χ2v) is 2.50. The van der Waals surface area contributed by atoms with Crippen LogP contribution in [-0.2, 0) is 0 Å². The van der Waals surface area contributed by atoms with Gasteiger partial charge in [-0.25, -0.2) is 9.97 Å². The van der Waals surface area contributed by atoms with Crippen molar-refractivity contribution in [2.75, 3.05) is 19.5 Å². The van der Waals surface area contributed by atoms with Crippen molar-refractivity contribution in [2.24, 2.45) is 0 Å². The summed E-state index contributed by atoms with van der Waals surface area (Å²) < 4.78 is 5.12. The van der Waals surface area contributed by atoms with E-state index in [1.807, 2.05) is 13.8 Å². The van der Waals surface area contributed by atoms with E-state index in [1.165, 1.54) is 0 Å². The number of nitrogens with one attached hydrogen (secondary N) is 1. The molecule has 0 spiro atoms. The van der Waals surface area contributed by atoms with E-state index in [0.29, 0.717) is 5.95 Å². The number of nitrogens with zero attached hydrogens (tertiary/aromatic N) is 2. The van der Waals surface area contributed by atoms with E-state index in [2.05, 4.69) is 15.3 Å². The highest BCUT2D eigenvalue weighted by Gasteiger charge is 2.06. The minimum atomic E-state index is 0.630. The number of hydrogen-bond acceptors (Lipinski definition) is 4. The number of anilines is 1. The topological polar surface area (TPSA) is 47.0 Å². The highest BCUT2D eigenvalue weighted by atomic mass is 16.5. The molecular formula is C8H13N3O. The fraction of sp³-hybridized carbons (Fsp3) is 0.500. The lowest BCUT2D eigenvalue weighted by Crippen LogP contribution is -2.02. The van der Waals surface area contributed by atoms with Crippen LogP contribution in [0.1, 0.15) is 11.4 Å². The van der Waals surface area contributed by atoms with E-state index in [1.54, 1.807) is 14.2 Å². The number of ether oxygens (including phenoxy) is 1. The second-order valence-electron chi connectivity index (χ2n) is 2.50. The van der Waals surface area contributed by atoms with Gasteiger partial charge in [0, 0.05) is 7.05 Å². The SMILES string of the molecule is CNc1nc(C)c(OC)c(C)n1. The molecule has 0 aliphatic carbocycles. The number of aromatic nitrogens is 2.